The standard InChI is InChI=1S/C27H16Cl2N4O/c28-19-12-15-21(22(29)16-19)25-31-32-26-27(30-23-8-4-5-9-24(23)33(25)26)34-20-13-10-18(11-14-20)17-6-2-1-3-7-17/h1-16H. The maximum absolute atomic E-state index is 6.49. The van der Waals surface area contributed by atoms with Gasteiger partial charge in [-0.15, -0.1) is 10.2 Å². The molecule has 0 spiro atoms. The fourth-order valence-corrected chi connectivity index (χ4v) is 4.42. The van der Waals surface area contributed by atoms with Crippen molar-refractivity contribution in [2.75, 3.05) is 0 Å². The van der Waals surface area contributed by atoms with Crippen molar-refractivity contribution in [2.45, 2.75) is 0 Å². The highest BCUT2D eigenvalue weighted by Crippen LogP contribution is 2.34. The zero-order valence-electron chi connectivity index (χ0n) is 17.7. The third-order valence-corrected chi connectivity index (χ3v) is 6.09. The van der Waals surface area contributed by atoms with Crippen LogP contribution in [0.5, 0.6) is 11.6 Å². The van der Waals surface area contributed by atoms with Crippen molar-refractivity contribution in [3.8, 4) is 34.1 Å². The van der Waals surface area contributed by atoms with Crippen molar-refractivity contribution in [1.82, 2.24) is 19.6 Å². The Balaban J connectivity index is 1.47. The zero-order valence-corrected chi connectivity index (χ0v) is 19.2. The number of aromatic nitrogens is 4. The van der Waals surface area contributed by atoms with E-state index in [1.165, 1.54) is 0 Å². The summed E-state index contributed by atoms with van der Waals surface area (Å²) >= 11 is 12.6. The molecule has 5 nitrogen and oxygen atoms in total. The Morgan fingerprint density at radius 2 is 1.44 bits per heavy atom. The van der Waals surface area contributed by atoms with Crippen LogP contribution in [0.15, 0.2) is 97.1 Å². The molecular formula is C27H16Cl2N4O. The molecule has 164 valence electrons. The second-order valence-corrected chi connectivity index (χ2v) is 8.55. The second-order valence-electron chi connectivity index (χ2n) is 7.70. The number of para-hydroxylation sites is 2. The van der Waals surface area contributed by atoms with Crippen LogP contribution >= 0.6 is 23.2 Å². The van der Waals surface area contributed by atoms with Gasteiger partial charge < -0.3 is 4.74 Å². The summed E-state index contributed by atoms with van der Waals surface area (Å²) in [4.78, 5) is 4.72. The van der Waals surface area contributed by atoms with Gasteiger partial charge in [0.2, 0.25) is 5.65 Å². The third-order valence-electron chi connectivity index (χ3n) is 5.55. The lowest BCUT2D eigenvalue weighted by atomic mass is 10.1. The molecule has 0 aliphatic rings. The summed E-state index contributed by atoms with van der Waals surface area (Å²) in [6.45, 7) is 0. The van der Waals surface area contributed by atoms with Crippen LogP contribution in [0.4, 0.5) is 0 Å². The predicted molar refractivity (Wildman–Crippen MR) is 136 cm³/mol. The Kier molecular flexibility index (Phi) is 5.13. The number of nitrogens with zero attached hydrogens (tertiary/aromatic N) is 4. The van der Waals surface area contributed by atoms with Gasteiger partial charge >= 0.3 is 0 Å². The molecule has 0 saturated carbocycles. The highest BCUT2D eigenvalue weighted by atomic mass is 35.5. The first-order chi connectivity index (χ1) is 16.7. The minimum absolute atomic E-state index is 0.356. The molecule has 0 aliphatic carbocycles. The average molecular weight is 483 g/mol. The normalized spacial score (nSPS) is 11.2. The minimum Gasteiger partial charge on any atom is -0.436 e. The zero-order chi connectivity index (χ0) is 23.1. The molecule has 0 atom stereocenters. The number of hydrogen-bond donors (Lipinski definition) is 0. The molecule has 0 amide bonds. The van der Waals surface area contributed by atoms with Gasteiger partial charge in [-0.05, 0) is 53.6 Å². The molecule has 0 fully saturated rings. The molecule has 4 aromatic carbocycles. The van der Waals surface area contributed by atoms with Gasteiger partial charge in [-0.1, -0.05) is 77.8 Å². The van der Waals surface area contributed by atoms with Gasteiger partial charge in [-0.2, -0.15) is 0 Å². The van der Waals surface area contributed by atoms with E-state index in [9.17, 15) is 0 Å². The fourth-order valence-electron chi connectivity index (χ4n) is 3.93. The molecule has 6 aromatic rings. The van der Waals surface area contributed by atoms with Crippen LogP contribution in [-0.4, -0.2) is 19.6 Å². The first-order valence-corrected chi connectivity index (χ1v) is 11.4. The minimum atomic E-state index is 0.356. The van der Waals surface area contributed by atoms with E-state index in [-0.39, 0.29) is 0 Å². The summed E-state index contributed by atoms with van der Waals surface area (Å²) < 4.78 is 8.11. The molecule has 0 bridgehead atoms. The summed E-state index contributed by atoms with van der Waals surface area (Å²) in [6, 6.07) is 31.1. The van der Waals surface area contributed by atoms with Crippen LogP contribution in [0.1, 0.15) is 0 Å². The lowest BCUT2D eigenvalue weighted by molar-refractivity contribution is 0.467. The van der Waals surface area contributed by atoms with Gasteiger partial charge in [-0.3, -0.25) is 4.40 Å². The Hall–Kier alpha value is -3.93. The first-order valence-electron chi connectivity index (χ1n) is 10.6. The average Bonchev–Trinajstić information content (AvgIpc) is 3.31. The van der Waals surface area contributed by atoms with Gasteiger partial charge in [0, 0.05) is 10.6 Å². The number of rotatable bonds is 4. The molecule has 0 unspecified atom stereocenters. The van der Waals surface area contributed by atoms with E-state index in [4.69, 9.17) is 32.9 Å². The topological polar surface area (TPSA) is 52.3 Å². The van der Waals surface area contributed by atoms with Crippen molar-refractivity contribution in [1.29, 1.82) is 0 Å². The van der Waals surface area contributed by atoms with Gasteiger partial charge in [-0.25, -0.2) is 4.98 Å². The fraction of sp³-hybridized carbons (Fsp3) is 0. The number of ether oxygens (including phenoxy) is 1. The second kappa shape index (κ2) is 8.45. The molecule has 2 aromatic heterocycles. The number of halogens is 2. The Labute approximate surface area is 205 Å². The van der Waals surface area contributed by atoms with E-state index in [0.717, 1.165) is 22.2 Å². The molecule has 2 heterocycles. The summed E-state index contributed by atoms with van der Waals surface area (Å²) in [5.41, 5.74) is 5.04. The Bertz CT molecular complexity index is 1650. The highest BCUT2D eigenvalue weighted by molar-refractivity contribution is 6.36. The third kappa shape index (κ3) is 3.65. The molecule has 0 saturated heterocycles. The number of benzene rings is 4. The molecule has 7 heteroatoms. The highest BCUT2D eigenvalue weighted by Gasteiger charge is 2.19. The van der Waals surface area contributed by atoms with E-state index in [0.29, 0.717) is 38.7 Å². The SMILES string of the molecule is Clc1ccc(-c2nnc3c(Oc4ccc(-c5ccccc5)cc4)nc4ccccc4n23)c(Cl)c1. The van der Waals surface area contributed by atoms with Crippen LogP contribution in [-0.2, 0) is 0 Å². The van der Waals surface area contributed by atoms with Crippen molar-refractivity contribution >= 4 is 39.9 Å². The molecule has 0 aliphatic heterocycles. The van der Waals surface area contributed by atoms with E-state index in [1.807, 2.05) is 77.2 Å². The lowest BCUT2D eigenvalue weighted by Crippen LogP contribution is -1.98. The van der Waals surface area contributed by atoms with Gasteiger partial charge in [0.05, 0.1) is 16.1 Å². The molecule has 0 N–H and O–H groups in total. The maximum atomic E-state index is 6.49. The van der Waals surface area contributed by atoms with E-state index >= 15 is 0 Å². The van der Waals surface area contributed by atoms with E-state index in [2.05, 4.69) is 22.3 Å². The maximum Gasteiger partial charge on any atom is 0.266 e. The largest absolute Gasteiger partial charge is 0.436 e. The van der Waals surface area contributed by atoms with Crippen molar-refractivity contribution in [2.24, 2.45) is 0 Å². The van der Waals surface area contributed by atoms with E-state index in [1.54, 1.807) is 12.1 Å². The summed E-state index contributed by atoms with van der Waals surface area (Å²) in [7, 11) is 0. The molecular weight excluding hydrogens is 467 g/mol. The monoisotopic (exact) mass is 482 g/mol. The van der Waals surface area contributed by atoms with Crippen LogP contribution < -0.4 is 4.74 Å². The summed E-state index contributed by atoms with van der Waals surface area (Å²) in [6.07, 6.45) is 0. The van der Waals surface area contributed by atoms with Gasteiger partial charge in [0.15, 0.2) is 5.82 Å². The van der Waals surface area contributed by atoms with Gasteiger partial charge in [0.25, 0.3) is 5.88 Å². The van der Waals surface area contributed by atoms with Crippen molar-refractivity contribution in [3.63, 3.8) is 0 Å². The van der Waals surface area contributed by atoms with Gasteiger partial charge in [0.1, 0.15) is 5.75 Å². The van der Waals surface area contributed by atoms with Crippen molar-refractivity contribution < 1.29 is 4.74 Å². The molecule has 34 heavy (non-hydrogen) atoms. The first kappa shape index (κ1) is 20.7. The van der Waals surface area contributed by atoms with Crippen LogP contribution in [0.2, 0.25) is 10.0 Å². The summed E-state index contributed by atoms with van der Waals surface area (Å²) in [5.74, 6) is 1.59. The Morgan fingerprint density at radius 3 is 2.24 bits per heavy atom. The predicted octanol–water partition coefficient (Wildman–Crippen LogP) is 7.71. The van der Waals surface area contributed by atoms with Crippen LogP contribution in [0.25, 0.3) is 39.2 Å². The number of fused-ring (bicyclic) bond motifs is 3. The number of hydrogen-bond acceptors (Lipinski definition) is 4. The molecule has 6 rings (SSSR count). The van der Waals surface area contributed by atoms with Crippen molar-refractivity contribution in [3.05, 3.63) is 107 Å². The molecule has 0 radical (unpaired) electrons. The lowest BCUT2D eigenvalue weighted by Gasteiger charge is -2.11. The summed E-state index contributed by atoms with van der Waals surface area (Å²) in [5, 5.41) is 9.87. The van der Waals surface area contributed by atoms with Crippen LogP contribution in [0.3, 0.4) is 0 Å². The van der Waals surface area contributed by atoms with Crippen LogP contribution in [0, 0.1) is 0 Å². The van der Waals surface area contributed by atoms with E-state index < -0.39 is 0 Å². The Morgan fingerprint density at radius 1 is 0.706 bits per heavy atom. The quantitative estimate of drug-likeness (QED) is 0.258. The smallest absolute Gasteiger partial charge is 0.266 e.